The zero-order chi connectivity index (χ0) is 17.7. The van der Waals surface area contributed by atoms with E-state index in [2.05, 4.69) is 4.18 Å². The van der Waals surface area contributed by atoms with Gasteiger partial charge in [-0.2, -0.15) is 8.42 Å². The summed E-state index contributed by atoms with van der Waals surface area (Å²) >= 11 is 0. The van der Waals surface area contributed by atoms with Crippen LogP contribution in [0.25, 0.3) is 0 Å². The highest BCUT2D eigenvalue weighted by Gasteiger charge is 2.59. The van der Waals surface area contributed by atoms with Crippen molar-refractivity contribution in [3.05, 3.63) is 0 Å². The van der Waals surface area contributed by atoms with Crippen LogP contribution in [0.5, 0.6) is 0 Å². The zero-order valence-electron chi connectivity index (χ0n) is 13.9. The van der Waals surface area contributed by atoms with Gasteiger partial charge in [-0.25, -0.2) is 5.14 Å². The van der Waals surface area contributed by atoms with Crippen LogP contribution in [-0.2, 0) is 33.4 Å². The van der Waals surface area contributed by atoms with Crippen molar-refractivity contribution >= 4 is 10.3 Å². The quantitative estimate of drug-likeness (QED) is 0.699. The molecule has 3 N–H and O–H groups in total. The molecule has 2 rings (SSSR count). The number of aliphatic hydroxyl groups excluding tert-OH is 1. The molecule has 0 saturated carbocycles. The van der Waals surface area contributed by atoms with E-state index in [1.165, 1.54) is 0 Å². The number of hydrogen-bond donors (Lipinski definition) is 2. The largest absolute Gasteiger partial charge is 0.385 e. The second-order valence-electron chi connectivity index (χ2n) is 7.18. The van der Waals surface area contributed by atoms with Crippen LogP contribution >= 0.6 is 0 Å². The van der Waals surface area contributed by atoms with E-state index in [1.54, 1.807) is 34.6 Å². The van der Waals surface area contributed by atoms with Gasteiger partial charge < -0.3 is 24.1 Å². The van der Waals surface area contributed by atoms with Crippen LogP contribution in [0.1, 0.15) is 34.6 Å². The Kier molecular flexibility index (Phi) is 4.86. The van der Waals surface area contributed by atoms with Gasteiger partial charge in [0.15, 0.2) is 5.79 Å². The van der Waals surface area contributed by atoms with Gasteiger partial charge in [-0.3, -0.25) is 4.18 Å². The Balaban J connectivity index is 2.27. The summed E-state index contributed by atoms with van der Waals surface area (Å²) in [6.07, 6.45) is -2.57. The molecular weight excluding hydrogens is 330 g/mol. The van der Waals surface area contributed by atoms with E-state index in [9.17, 15) is 13.5 Å². The molecule has 136 valence electrons. The Labute approximate surface area is 136 Å². The van der Waals surface area contributed by atoms with Crippen molar-refractivity contribution in [3.63, 3.8) is 0 Å². The predicted octanol–water partition coefficient (Wildman–Crippen LogP) is -0.371. The van der Waals surface area contributed by atoms with Crippen LogP contribution in [0.4, 0.5) is 0 Å². The molecule has 0 aromatic heterocycles. The lowest BCUT2D eigenvalue weighted by Crippen LogP contribution is -2.65. The normalized spacial score (nSPS) is 37.6. The Morgan fingerprint density at radius 3 is 2.43 bits per heavy atom. The first-order valence-corrected chi connectivity index (χ1v) is 8.75. The summed E-state index contributed by atoms with van der Waals surface area (Å²) in [5.41, 5.74) is -0.746. The molecule has 0 aliphatic carbocycles. The fourth-order valence-electron chi connectivity index (χ4n) is 2.75. The fraction of sp³-hybridized carbons (Fsp3) is 1.00. The van der Waals surface area contributed by atoms with Crippen molar-refractivity contribution < 1.29 is 36.7 Å². The van der Waals surface area contributed by atoms with Crippen LogP contribution in [0, 0.1) is 0 Å². The Morgan fingerprint density at radius 1 is 1.30 bits per heavy atom. The molecule has 2 fully saturated rings. The van der Waals surface area contributed by atoms with Gasteiger partial charge in [0.2, 0.25) is 5.79 Å². The standard InChI is InChI=1S/C13H25NO8S/c1-11(2,3)22-13(7-19-23(14,16)17)10(15)9-8(6-18-13)20-12(4,5)21-9/h8-10,15H,6-7H2,1-5H3,(H2,14,16,17)/t8-,9-,10+,13+/m1/s1. The second kappa shape index (κ2) is 5.88. The van der Waals surface area contributed by atoms with Crippen molar-refractivity contribution in [2.75, 3.05) is 13.2 Å². The molecule has 0 aromatic rings. The van der Waals surface area contributed by atoms with E-state index < -0.39 is 52.4 Å². The molecule has 2 aliphatic heterocycles. The predicted molar refractivity (Wildman–Crippen MR) is 78.4 cm³/mol. The summed E-state index contributed by atoms with van der Waals surface area (Å²) in [5, 5.41) is 15.6. The van der Waals surface area contributed by atoms with Crippen molar-refractivity contribution in [1.82, 2.24) is 0 Å². The molecule has 9 nitrogen and oxygen atoms in total. The summed E-state index contributed by atoms with van der Waals surface area (Å²) in [7, 11) is -4.23. The first-order chi connectivity index (χ1) is 10.2. The Bertz CT molecular complexity index is 543. The van der Waals surface area contributed by atoms with Gasteiger partial charge in [0.1, 0.15) is 24.9 Å². The van der Waals surface area contributed by atoms with Crippen LogP contribution in [0.15, 0.2) is 0 Å². The summed E-state index contributed by atoms with van der Waals surface area (Å²) in [6.45, 7) is 8.10. The van der Waals surface area contributed by atoms with Gasteiger partial charge in [-0.15, -0.1) is 0 Å². The van der Waals surface area contributed by atoms with Crippen molar-refractivity contribution in [1.29, 1.82) is 0 Å². The van der Waals surface area contributed by atoms with Crippen LogP contribution < -0.4 is 5.14 Å². The van der Waals surface area contributed by atoms with E-state index in [-0.39, 0.29) is 6.61 Å². The number of hydrogen-bond acceptors (Lipinski definition) is 8. The molecule has 0 amide bonds. The molecule has 0 aromatic carbocycles. The topological polar surface area (TPSA) is 127 Å². The third-order valence-electron chi connectivity index (χ3n) is 3.38. The highest BCUT2D eigenvalue weighted by Crippen LogP contribution is 2.40. The SMILES string of the molecule is CC(C)(C)O[C@]1(COS(N)(=O)=O)OC[C@H]2OC(C)(C)O[C@H]2[C@@H]1O. The highest BCUT2D eigenvalue weighted by atomic mass is 32.2. The highest BCUT2D eigenvalue weighted by molar-refractivity contribution is 7.84. The molecule has 4 atom stereocenters. The van der Waals surface area contributed by atoms with Crippen LogP contribution in [-0.4, -0.2) is 62.2 Å². The van der Waals surface area contributed by atoms with Crippen molar-refractivity contribution in [2.45, 2.75) is 70.1 Å². The Morgan fingerprint density at radius 2 is 1.91 bits per heavy atom. The number of ether oxygens (including phenoxy) is 4. The molecule has 2 saturated heterocycles. The summed E-state index contributed by atoms with van der Waals surface area (Å²) < 4.78 is 49.7. The molecule has 0 bridgehead atoms. The minimum atomic E-state index is -4.23. The minimum absolute atomic E-state index is 0.0508. The van der Waals surface area contributed by atoms with E-state index in [4.69, 9.17) is 24.1 Å². The smallest absolute Gasteiger partial charge is 0.333 e. The van der Waals surface area contributed by atoms with Crippen LogP contribution in [0.3, 0.4) is 0 Å². The summed E-state index contributed by atoms with van der Waals surface area (Å²) in [4.78, 5) is 0. The lowest BCUT2D eigenvalue weighted by Gasteiger charge is -2.46. The summed E-state index contributed by atoms with van der Waals surface area (Å²) in [6, 6.07) is 0. The fourth-order valence-corrected chi connectivity index (χ4v) is 3.08. The zero-order valence-corrected chi connectivity index (χ0v) is 14.8. The number of fused-ring (bicyclic) bond motifs is 1. The third kappa shape index (κ3) is 4.60. The number of rotatable bonds is 4. The molecule has 23 heavy (non-hydrogen) atoms. The average molecular weight is 355 g/mol. The lowest BCUT2D eigenvalue weighted by molar-refractivity contribution is -0.359. The van der Waals surface area contributed by atoms with Gasteiger partial charge in [0.05, 0.1) is 12.2 Å². The molecule has 2 heterocycles. The van der Waals surface area contributed by atoms with E-state index >= 15 is 0 Å². The molecule has 2 aliphatic rings. The van der Waals surface area contributed by atoms with E-state index in [0.717, 1.165) is 0 Å². The maximum absolute atomic E-state index is 11.1. The Hall–Kier alpha value is -0.330. The first kappa shape index (κ1) is 19.0. The maximum atomic E-state index is 11.1. The molecular formula is C13H25NO8S. The third-order valence-corrected chi connectivity index (χ3v) is 3.82. The van der Waals surface area contributed by atoms with Crippen molar-refractivity contribution in [2.24, 2.45) is 5.14 Å². The van der Waals surface area contributed by atoms with E-state index in [1.807, 2.05) is 0 Å². The maximum Gasteiger partial charge on any atom is 0.333 e. The first-order valence-electron chi connectivity index (χ1n) is 7.28. The summed E-state index contributed by atoms with van der Waals surface area (Å²) in [5.74, 6) is -2.63. The van der Waals surface area contributed by atoms with Gasteiger partial charge in [-0.05, 0) is 34.6 Å². The number of nitrogens with two attached hydrogens (primary N) is 1. The molecule has 0 spiro atoms. The van der Waals surface area contributed by atoms with Crippen LogP contribution in [0.2, 0.25) is 0 Å². The van der Waals surface area contributed by atoms with Gasteiger partial charge in [-0.1, -0.05) is 0 Å². The van der Waals surface area contributed by atoms with Crippen molar-refractivity contribution in [3.8, 4) is 0 Å². The van der Waals surface area contributed by atoms with Gasteiger partial charge in [0.25, 0.3) is 0 Å². The van der Waals surface area contributed by atoms with E-state index in [0.29, 0.717) is 0 Å². The number of aliphatic hydroxyl groups is 1. The molecule has 10 heteroatoms. The second-order valence-corrected chi connectivity index (χ2v) is 8.40. The molecule has 0 unspecified atom stereocenters. The van der Waals surface area contributed by atoms with Gasteiger partial charge >= 0.3 is 10.3 Å². The lowest BCUT2D eigenvalue weighted by atomic mass is 9.96. The van der Waals surface area contributed by atoms with Gasteiger partial charge in [0, 0.05) is 0 Å². The molecule has 0 radical (unpaired) electrons. The average Bonchev–Trinajstić information content (AvgIpc) is 2.64. The minimum Gasteiger partial charge on any atom is -0.385 e. The monoisotopic (exact) mass is 355 g/mol.